The summed E-state index contributed by atoms with van der Waals surface area (Å²) in [6.07, 6.45) is 0.937. The van der Waals surface area contributed by atoms with Gasteiger partial charge in [-0.3, -0.25) is 9.69 Å². The fraction of sp³-hybridized carbons (Fsp3) is 0.500. The molecule has 0 N–H and O–H groups in total. The van der Waals surface area contributed by atoms with Crippen LogP contribution in [0.15, 0.2) is 34.5 Å². The average Bonchev–Trinajstić information content (AvgIpc) is 3.19. The van der Waals surface area contributed by atoms with E-state index in [2.05, 4.69) is 28.7 Å². The monoisotopic (exact) mass is 565 g/mol. The number of benzene rings is 1. The Hall–Kier alpha value is -2.43. The van der Waals surface area contributed by atoms with E-state index >= 15 is 0 Å². The van der Waals surface area contributed by atoms with E-state index in [1.165, 1.54) is 14.2 Å². The first-order valence-electron chi connectivity index (χ1n) is 10.9. The number of amides is 1. The molecule has 4 rings (SSSR count). The van der Waals surface area contributed by atoms with E-state index in [1.807, 2.05) is 44.9 Å². The van der Waals surface area contributed by atoms with Gasteiger partial charge in [-0.25, -0.2) is 14.6 Å². The maximum Gasteiger partial charge on any atom is 0.357 e. The van der Waals surface area contributed by atoms with Gasteiger partial charge in [0.2, 0.25) is 5.91 Å². The van der Waals surface area contributed by atoms with Crippen LogP contribution in [0.4, 0.5) is 5.69 Å². The van der Waals surface area contributed by atoms with Crippen molar-refractivity contribution in [2.75, 3.05) is 26.2 Å². The van der Waals surface area contributed by atoms with Gasteiger partial charge in [-0.1, -0.05) is 13.8 Å². The molecule has 0 bridgehead atoms. The standard InChI is InChI=1S/C24H28IN3O5/c1-12(2)9-17(29)28-13(3)11-24-15-10-14(25)7-8-16(15)27(4)20(24)18(21(30)32-5)19(22(31)33-6)26-23(24)28/h7-8,10,12-13,20H,9,11H2,1-6H3/t13-,20?,24+/m1/s1. The molecule has 8 nitrogen and oxygen atoms in total. The zero-order valence-corrected chi connectivity index (χ0v) is 21.8. The largest absolute Gasteiger partial charge is 0.466 e. The fourth-order valence-electron chi connectivity index (χ4n) is 5.60. The first-order chi connectivity index (χ1) is 15.6. The number of carbonyl (C=O) groups excluding carboxylic acids is 3. The van der Waals surface area contributed by atoms with E-state index in [1.54, 1.807) is 4.90 Å². The second-order valence-electron chi connectivity index (χ2n) is 9.24. The number of anilines is 1. The zero-order chi connectivity index (χ0) is 24.2. The number of fused-ring (bicyclic) bond motifs is 1. The number of likely N-dealkylation sites (tertiary alicyclic amines) is 1. The molecular weight excluding hydrogens is 537 g/mol. The van der Waals surface area contributed by atoms with Gasteiger partial charge in [-0.2, -0.15) is 0 Å². The molecule has 0 saturated carbocycles. The van der Waals surface area contributed by atoms with Gasteiger partial charge in [0.15, 0.2) is 5.70 Å². The van der Waals surface area contributed by atoms with Crippen LogP contribution in [0, 0.1) is 9.49 Å². The van der Waals surface area contributed by atoms with E-state index in [4.69, 9.17) is 14.5 Å². The van der Waals surface area contributed by atoms with E-state index in [0.29, 0.717) is 18.7 Å². The summed E-state index contributed by atoms with van der Waals surface area (Å²) in [6, 6.07) is 5.38. The number of carbonyl (C=O) groups is 3. The molecule has 1 unspecified atom stereocenters. The topological polar surface area (TPSA) is 88.5 Å². The highest BCUT2D eigenvalue weighted by molar-refractivity contribution is 14.1. The van der Waals surface area contributed by atoms with Gasteiger partial charge in [-0.15, -0.1) is 0 Å². The first kappa shape index (κ1) is 23.7. The molecule has 1 fully saturated rings. The summed E-state index contributed by atoms with van der Waals surface area (Å²) in [5.74, 6) is -0.726. The minimum absolute atomic E-state index is 0.0423. The van der Waals surface area contributed by atoms with E-state index < -0.39 is 23.4 Å². The molecule has 1 saturated heterocycles. The van der Waals surface area contributed by atoms with Gasteiger partial charge in [0.25, 0.3) is 0 Å². The quantitative estimate of drug-likeness (QED) is 0.412. The van der Waals surface area contributed by atoms with Gasteiger partial charge >= 0.3 is 11.9 Å². The Labute approximate surface area is 207 Å². The number of rotatable bonds is 4. The Kier molecular flexibility index (Phi) is 6.05. The molecule has 3 heterocycles. The van der Waals surface area contributed by atoms with Crippen molar-refractivity contribution >= 4 is 52.0 Å². The van der Waals surface area contributed by atoms with E-state index in [9.17, 15) is 14.4 Å². The van der Waals surface area contributed by atoms with Gasteiger partial charge < -0.3 is 14.4 Å². The molecule has 1 spiro atoms. The van der Waals surface area contributed by atoms with Crippen LogP contribution in [-0.2, 0) is 29.3 Å². The van der Waals surface area contributed by atoms with Crippen molar-refractivity contribution in [3.63, 3.8) is 0 Å². The molecular formula is C24H28IN3O5. The molecule has 1 aromatic carbocycles. The van der Waals surface area contributed by atoms with E-state index in [0.717, 1.165) is 14.8 Å². The molecule has 0 aromatic heterocycles. The Bertz CT molecular complexity index is 1110. The highest BCUT2D eigenvalue weighted by Crippen LogP contribution is 2.57. The number of likely N-dealkylation sites (N-methyl/N-ethyl adjacent to an activating group) is 1. The van der Waals surface area contributed by atoms with Crippen molar-refractivity contribution in [1.82, 2.24) is 4.90 Å². The maximum atomic E-state index is 13.4. The Morgan fingerprint density at radius 2 is 1.88 bits per heavy atom. The maximum absolute atomic E-state index is 13.4. The number of methoxy groups -OCH3 is 2. The third kappa shape index (κ3) is 3.38. The minimum Gasteiger partial charge on any atom is -0.466 e. The number of hydrogen-bond acceptors (Lipinski definition) is 7. The number of amidine groups is 1. The highest BCUT2D eigenvalue weighted by atomic mass is 127. The summed E-state index contributed by atoms with van der Waals surface area (Å²) in [5, 5.41) is 0. The van der Waals surface area contributed by atoms with Crippen molar-refractivity contribution < 1.29 is 23.9 Å². The van der Waals surface area contributed by atoms with Crippen molar-refractivity contribution in [2.24, 2.45) is 10.9 Å². The lowest BCUT2D eigenvalue weighted by molar-refractivity contribution is -0.139. The smallest absolute Gasteiger partial charge is 0.357 e. The van der Waals surface area contributed by atoms with Crippen LogP contribution in [0.25, 0.3) is 0 Å². The molecule has 3 aliphatic rings. The lowest BCUT2D eigenvalue weighted by Crippen LogP contribution is -2.55. The Balaban J connectivity index is 2.05. The van der Waals surface area contributed by atoms with Crippen LogP contribution < -0.4 is 4.90 Å². The molecule has 1 amide bonds. The van der Waals surface area contributed by atoms with Crippen molar-refractivity contribution in [3.8, 4) is 0 Å². The van der Waals surface area contributed by atoms with Crippen LogP contribution in [0.2, 0.25) is 0 Å². The lowest BCUT2D eigenvalue weighted by atomic mass is 9.69. The predicted molar refractivity (Wildman–Crippen MR) is 132 cm³/mol. The molecule has 176 valence electrons. The third-order valence-electron chi connectivity index (χ3n) is 6.74. The molecule has 0 radical (unpaired) electrons. The first-order valence-corrected chi connectivity index (χ1v) is 12.0. The van der Waals surface area contributed by atoms with E-state index in [-0.39, 0.29) is 29.1 Å². The van der Waals surface area contributed by atoms with Crippen LogP contribution in [-0.4, -0.2) is 61.9 Å². The fourth-order valence-corrected chi connectivity index (χ4v) is 6.09. The number of esters is 2. The Morgan fingerprint density at radius 1 is 1.21 bits per heavy atom. The normalized spacial score (nSPS) is 25.5. The summed E-state index contributed by atoms with van der Waals surface area (Å²) in [6.45, 7) is 5.98. The second kappa shape index (κ2) is 8.41. The minimum atomic E-state index is -0.766. The number of nitrogens with zero attached hydrogens (tertiary/aromatic N) is 3. The SMILES string of the molecule is COC(=O)C1=C(C(=O)OC)C2N(C)c3ccc(I)cc3[C@@]23C[C@@H](C)N(C(=O)CC(C)C)C3=N1. The van der Waals surface area contributed by atoms with Crippen LogP contribution in [0.5, 0.6) is 0 Å². The molecule has 9 heteroatoms. The Morgan fingerprint density at radius 3 is 2.48 bits per heavy atom. The summed E-state index contributed by atoms with van der Waals surface area (Å²) in [5.41, 5.74) is 1.22. The summed E-state index contributed by atoms with van der Waals surface area (Å²) in [7, 11) is 4.44. The number of ether oxygens (including phenoxy) is 2. The highest BCUT2D eigenvalue weighted by Gasteiger charge is 2.65. The summed E-state index contributed by atoms with van der Waals surface area (Å²) in [4.78, 5) is 47.7. The van der Waals surface area contributed by atoms with Crippen molar-refractivity contribution in [3.05, 3.63) is 38.6 Å². The molecule has 33 heavy (non-hydrogen) atoms. The predicted octanol–water partition coefficient (Wildman–Crippen LogP) is 3.03. The van der Waals surface area contributed by atoms with Gasteiger partial charge in [0, 0.05) is 28.8 Å². The van der Waals surface area contributed by atoms with Gasteiger partial charge in [-0.05, 0) is 65.6 Å². The van der Waals surface area contributed by atoms with Crippen molar-refractivity contribution in [2.45, 2.75) is 51.1 Å². The number of halogens is 1. The zero-order valence-electron chi connectivity index (χ0n) is 19.6. The molecule has 0 aliphatic carbocycles. The molecule has 3 aliphatic heterocycles. The second-order valence-corrected chi connectivity index (χ2v) is 10.5. The van der Waals surface area contributed by atoms with Crippen LogP contribution >= 0.6 is 22.6 Å². The number of aliphatic imine (C=N–C) groups is 1. The lowest BCUT2D eigenvalue weighted by Gasteiger charge is -2.39. The van der Waals surface area contributed by atoms with Gasteiger partial charge in [0.05, 0.1) is 31.2 Å². The average molecular weight is 565 g/mol. The van der Waals surface area contributed by atoms with Gasteiger partial charge in [0.1, 0.15) is 5.84 Å². The molecule has 1 aromatic rings. The molecule has 3 atom stereocenters. The third-order valence-corrected chi connectivity index (χ3v) is 7.41. The van der Waals surface area contributed by atoms with Crippen LogP contribution in [0.3, 0.4) is 0 Å². The summed E-state index contributed by atoms with van der Waals surface area (Å²) < 4.78 is 11.1. The van der Waals surface area contributed by atoms with Crippen molar-refractivity contribution in [1.29, 1.82) is 0 Å². The number of hydrogen-bond donors (Lipinski definition) is 0. The van der Waals surface area contributed by atoms with Crippen LogP contribution in [0.1, 0.15) is 39.2 Å². The summed E-state index contributed by atoms with van der Waals surface area (Å²) >= 11 is 2.26.